The highest BCUT2D eigenvalue weighted by atomic mass is 79.9. The molecule has 0 saturated carbocycles. The number of aromatic nitrogens is 2. The molecule has 0 spiro atoms. The average molecular weight is 376 g/mol. The van der Waals surface area contributed by atoms with E-state index in [0.29, 0.717) is 9.69 Å². The molecule has 116 valence electrons. The SMILES string of the molecule is CCNC(c1ccc(Br)o1)c1c(Cl)cnn1CCN(C)C. The van der Waals surface area contributed by atoms with Crippen molar-refractivity contribution in [3.8, 4) is 0 Å². The molecule has 1 unspecified atom stereocenters. The maximum atomic E-state index is 6.36. The van der Waals surface area contributed by atoms with Crippen LogP contribution in [0.4, 0.5) is 0 Å². The first kappa shape index (κ1) is 16.5. The molecule has 2 aromatic rings. The second-order valence-electron chi connectivity index (χ2n) is 5.04. The van der Waals surface area contributed by atoms with Crippen LogP contribution in [0.5, 0.6) is 0 Å². The minimum Gasteiger partial charge on any atom is -0.452 e. The Labute approximate surface area is 138 Å². The molecule has 0 aliphatic rings. The summed E-state index contributed by atoms with van der Waals surface area (Å²) in [5, 5.41) is 8.44. The van der Waals surface area contributed by atoms with Gasteiger partial charge in [0.05, 0.1) is 23.5 Å². The zero-order chi connectivity index (χ0) is 15.4. The Hall–Kier alpha value is -0.820. The Balaban J connectivity index is 2.33. The van der Waals surface area contributed by atoms with Crippen molar-refractivity contribution in [3.05, 3.63) is 39.5 Å². The van der Waals surface area contributed by atoms with E-state index in [1.807, 2.05) is 30.9 Å². The third-order valence-corrected chi connectivity index (χ3v) is 3.87. The van der Waals surface area contributed by atoms with Gasteiger partial charge in [0, 0.05) is 6.54 Å². The maximum Gasteiger partial charge on any atom is 0.169 e. The van der Waals surface area contributed by atoms with Crippen molar-refractivity contribution < 1.29 is 4.42 Å². The zero-order valence-corrected chi connectivity index (χ0v) is 14.8. The first-order valence-corrected chi connectivity index (χ1v) is 8.04. The molecule has 0 aliphatic carbocycles. The Morgan fingerprint density at radius 1 is 1.48 bits per heavy atom. The van der Waals surface area contributed by atoms with Gasteiger partial charge >= 0.3 is 0 Å². The van der Waals surface area contributed by atoms with Gasteiger partial charge in [0.2, 0.25) is 0 Å². The molecule has 0 amide bonds. The van der Waals surface area contributed by atoms with E-state index in [0.717, 1.165) is 31.1 Å². The van der Waals surface area contributed by atoms with Gasteiger partial charge in [0.15, 0.2) is 4.67 Å². The number of nitrogens with zero attached hydrogens (tertiary/aromatic N) is 3. The standard InChI is InChI=1S/C14H20BrClN4O/c1-4-17-13(11-5-6-12(15)21-11)14-10(16)9-18-20(14)8-7-19(2)3/h5-6,9,13,17H,4,7-8H2,1-3H3. The number of nitrogens with one attached hydrogen (secondary N) is 1. The van der Waals surface area contributed by atoms with E-state index < -0.39 is 0 Å². The summed E-state index contributed by atoms with van der Waals surface area (Å²) < 4.78 is 8.34. The van der Waals surface area contributed by atoms with E-state index in [1.165, 1.54) is 0 Å². The fourth-order valence-corrected chi connectivity index (χ4v) is 2.72. The third-order valence-electron chi connectivity index (χ3n) is 3.15. The van der Waals surface area contributed by atoms with E-state index in [4.69, 9.17) is 16.0 Å². The highest BCUT2D eigenvalue weighted by molar-refractivity contribution is 9.10. The van der Waals surface area contributed by atoms with Crippen LogP contribution < -0.4 is 5.32 Å². The molecule has 0 saturated heterocycles. The molecule has 21 heavy (non-hydrogen) atoms. The molecule has 0 fully saturated rings. The van der Waals surface area contributed by atoms with Crippen molar-refractivity contribution in [2.45, 2.75) is 19.5 Å². The number of hydrogen-bond donors (Lipinski definition) is 1. The van der Waals surface area contributed by atoms with Crippen LogP contribution in [0.3, 0.4) is 0 Å². The van der Waals surface area contributed by atoms with Gasteiger partial charge in [-0.1, -0.05) is 18.5 Å². The molecular formula is C14H20BrClN4O. The molecule has 2 heterocycles. The summed E-state index contributed by atoms with van der Waals surface area (Å²) in [4.78, 5) is 2.12. The summed E-state index contributed by atoms with van der Waals surface area (Å²) in [6, 6.07) is 3.71. The van der Waals surface area contributed by atoms with Gasteiger partial charge in [0.25, 0.3) is 0 Å². The number of furan rings is 1. The van der Waals surface area contributed by atoms with Gasteiger partial charge in [-0.25, -0.2) is 0 Å². The number of rotatable bonds is 7. The zero-order valence-electron chi connectivity index (χ0n) is 12.4. The van der Waals surface area contributed by atoms with E-state index in [2.05, 4.69) is 38.2 Å². The smallest absolute Gasteiger partial charge is 0.169 e. The Morgan fingerprint density at radius 3 is 2.81 bits per heavy atom. The maximum absolute atomic E-state index is 6.36. The molecule has 7 heteroatoms. The van der Waals surface area contributed by atoms with Crippen LogP contribution >= 0.6 is 27.5 Å². The van der Waals surface area contributed by atoms with Crippen LogP contribution in [-0.2, 0) is 6.54 Å². The van der Waals surface area contributed by atoms with E-state index in [1.54, 1.807) is 6.20 Å². The summed E-state index contributed by atoms with van der Waals surface area (Å²) >= 11 is 9.70. The van der Waals surface area contributed by atoms with Crippen molar-refractivity contribution in [1.29, 1.82) is 0 Å². The van der Waals surface area contributed by atoms with Crippen LogP contribution in [0.2, 0.25) is 5.02 Å². The van der Waals surface area contributed by atoms with Gasteiger partial charge < -0.3 is 14.6 Å². The van der Waals surface area contributed by atoms with Crippen molar-refractivity contribution in [3.63, 3.8) is 0 Å². The molecule has 0 radical (unpaired) electrons. The molecule has 5 nitrogen and oxygen atoms in total. The molecule has 2 rings (SSSR count). The fourth-order valence-electron chi connectivity index (χ4n) is 2.15. The van der Waals surface area contributed by atoms with Crippen molar-refractivity contribution in [2.75, 3.05) is 27.2 Å². The molecule has 0 aromatic carbocycles. The van der Waals surface area contributed by atoms with Crippen LogP contribution in [0.25, 0.3) is 0 Å². The molecule has 2 aromatic heterocycles. The van der Waals surface area contributed by atoms with Gasteiger partial charge in [-0.05, 0) is 48.7 Å². The lowest BCUT2D eigenvalue weighted by atomic mass is 10.1. The number of hydrogen-bond acceptors (Lipinski definition) is 4. The summed E-state index contributed by atoms with van der Waals surface area (Å²) in [7, 11) is 4.08. The molecule has 0 aliphatic heterocycles. The van der Waals surface area contributed by atoms with Crippen LogP contribution in [0, 0.1) is 0 Å². The van der Waals surface area contributed by atoms with Crippen molar-refractivity contribution in [1.82, 2.24) is 20.0 Å². The minimum absolute atomic E-state index is 0.113. The quantitative estimate of drug-likeness (QED) is 0.807. The lowest BCUT2D eigenvalue weighted by molar-refractivity contribution is 0.359. The summed E-state index contributed by atoms with van der Waals surface area (Å²) in [5.41, 5.74) is 0.933. The Kier molecular flexibility index (Phi) is 5.87. The largest absolute Gasteiger partial charge is 0.452 e. The topological polar surface area (TPSA) is 46.2 Å². The van der Waals surface area contributed by atoms with E-state index in [-0.39, 0.29) is 6.04 Å². The van der Waals surface area contributed by atoms with Crippen LogP contribution in [-0.4, -0.2) is 41.9 Å². The molecule has 0 bridgehead atoms. The van der Waals surface area contributed by atoms with Gasteiger partial charge in [-0.15, -0.1) is 0 Å². The highest BCUT2D eigenvalue weighted by Crippen LogP contribution is 2.30. The summed E-state index contributed by atoms with van der Waals surface area (Å²) in [6.07, 6.45) is 1.69. The number of likely N-dealkylation sites (N-methyl/N-ethyl adjacent to an activating group) is 1. The van der Waals surface area contributed by atoms with Crippen molar-refractivity contribution in [2.24, 2.45) is 0 Å². The van der Waals surface area contributed by atoms with Crippen molar-refractivity contribution >= 4 is 27.5 Å². The van der Waals surface area contributed by atoms with Gasteiger partial charge in [-0.3, -0.25) is 4.68 Å². The molecule has 1 atom stereocenters. The second-order valence-corrected chi connectivity index (χ2v) is 6.23. The van der Waals surface area contributed by atoms with E-state index in [9.17, 15) is 0 Å². The minimum atomic E-state index is -0.113. The third kappa shape index (κ3) is 4.10. The predicted molar refractivity (Wildman–Crippen MR) is 87.7 cm³/mol. The number of halogens is 2. The highest BCUT2D eigenvalue weighted by Gasteiger charge is 2.24. The lowest BCUT2D eigenvalue weighted by Gasteiger charge is -2.19. The lowest BCUT2D eigenvalue weighted by Crippen LogP contribution is -2.27. The first-order valence-electron chi connectivity index (χ1n) is 6.87. The van der Waals surface area contributed by atoms with Crippen LogP contribution in [0.15, 0.2) is 27.4 Å². The Morgan fingerprint density at radius 2 is 2.24 bits per heavy atom. The predicted octanol–water partition coefficient (Wildman–Crippen LogP) is 3.15. The van der Waals surface area contributed by atoms with Gasteiger partial charge in [0.1, 0.15) is 11.8 Å². The first-order chi connectivity index (χ1) is 10.0. The molecule has 1 N–H and O–H groups in total. The van der Waals surface area contributed by atoms with E-state index >= 15 is 0 Å². The fraction of sp³-hybridized carbons (Fsp3) is 0.500. The molecular weight excluding hydrogens is 356 g/mol. The van der Waals surface area contributed by atoms with Crippen LogP contribution in [0.1, 0.15) is 24.4 Å². The van der Waals surface area contributed by atoms with Gasteiger partial charge in [-0.2, -0.15) is 5.10 Å². The average Bonchev–Trinajstić information content (AvgIpc) is 3.00. The second kappa shape index (κ2) is 7.45. The normalized spacial score (nSPS) is 13.0. The summed E-state index contributed by atoms with van der Waals surface area (Å²) in [6.45, 7) is 4.53. The Bertz CT molecular complexity index is 581. The monoisotopic (exact) mass is 374 g/mol. The summed E-state index contributed by atoms with van der Waals surface area (Å²) in [5.74, 6) is 0.817.